The van der Waals surface area contributed by atoms with E-state index >= 15 is 0 Å². The molecule has 0 aromatic heterocycles. The van der Waals surface area contributed by atoms with Gasteiger partial charge in [-0.25, -0.2) is 4.79 Å². The van der Waals surface area contributed by atoms with Crippen molar-refractivity contribution in [3.05, 3.63) is 53.1 Å². The molecule has 0 bridgehead atoms. The summed E-state index contributed by atoms with van der Waals surface area (Å²) in [5.41, 5.74) is 1.63. The fraction of sp³-hybridized carbons (Fsp3) is 0.278. The molecule has 2 aromatic carbocycles. The molecule has 5 nitrogen and oxygen atoms in total. The zero-order valence-corrected chi connectivity index (χ0v) is 14.7. The van der Waals surface area contributed by atoms with E-state index in [0.29, 0.717) is 22.2 Å². The van der Waals surface area contributed by atoms with Crippen molar-refractivity contribution >= 4 is 23.3 Å². The van der Waals surface area contributed by atoms with Crippen LogP contribution in [-0.2, 0) is 0 Å². The fourth-order valence-electron chi connectivity index (χ4n) is 2.36. The Morgan fingerprint density at radius 3 is 2.33 bits per heavy atom. The molecule has 0 fully saturated rings. The molecular formula is C18H21ClN2O3. The van der Waals surface area contributed by atoms with Gasteiger partial charge in [-0.1, -0.05) is 30.7 Å². The van der Waals surface area contributed by atoms with Crippen LogP contribution in [0.4, 0.5) is 10.5 Å². The minimum absolute atomic E-state index is 0.0950. The molecule has 0 spiro atoms. The number of hydrogen-bond acceptors (Lipinski definition) is 3. The zero-order valence-electron chi connectivity index (χ0n) is 13.9. The lowest BCUT2D eigenvalue weighted by Gasteiger charge is -2.18. The van der Waals surface area contributed by atoms with Crippen LogP contribution in [0.1, 0.15) is 24.9 Å². The van der Waals surface area contributed by atoms with E-state index in [9.17, 15) is 4.79 Å². The maximum Gasteiger partial charge on any atom is 0.319 e. The van der Waals surface area contributed by atoms with Gasteiger partial charge in [0.2, 0.25) is 0 Å². The molecule has 0 radical (unpaired) electrons. The van der Waals surface area contributed by atoms with Gasteiger partial charge in [-0.3, -0.25) is 0 Å². The number of nitrogens with one attached hydrogen (secondary N) is 2. The van der Waals surface area contributed by atoms with Crippen LogP contribution in [-0.4, -0.2) is 20.3 Å². The van der Waals surface area contributed by atoms with Crippen molar-refractivity contribution in [3.8, 4) is 11.5 Å². The Morgan fingerprint density at radius 1 is 1.08 bits per heavy atom. The van der Waals surface area contributed by atoms with Crippen molar-refractivity contribution in [2.24, 2.45) is 0 Å². The van der Waals surface area contributed by atoms with E-state index in [1.54, 1.807) is 32.4 Å². The molecule has 0 aliphatic heterocycles. The second-order valence-electron chi connectivity index (χ2n) is 5.18. The van der Waals surface area contributed by atoms with Crippen molar-refractivity contribution in [3.63, 3.8) is 0 Å². The zero-order chi connectivity index (χ0) is 17.5. The van der Waals surface area contributed by atoms with Gasteiger partial charge in [0.15, 0.2) is 11.5 Å². The lowest BCUT2D eigenvalue weighted by Crippen LogP contribution is -2.32. The highest BCUT2D eigenvalue weighted by Gasteiger charge is 2.13. The van der Waals surface area contributed by atoms with Crippen molar-refractivity contribution < 1.29 is 14.3 Å². The van der Waals surface area contributed by atoms with E-state index in [1.807, 2.05) is 31.2 Å². The maximum absolute atomic E-state index is 12.3. The van der Waals surface area contributed by atoms with E-state index in [1.165, 1.54) is 0 Å². The predicted molar refractivity (Wildman–Crippen MR) is 96.2 cm³/mol. The SMILES string of the molecule is CCC(NC(=O)Nc1ccc(OC)c(OC)c1)c1ccc(Cl)cc1. The smallest absolute Gasteiger partial charge is 0.319 e. The molecule has 2 rings (SSSR count). The first-order chi connectivity index (χ1) is 11.6. The monoisotopic (exact) mass is 348 g/mol. The summed E-state index contributed by atoms with van der Waals surface area (Å²) in [5.74, 6) is 1.16. The van der Waals surface area contributed by atoms with E-state index < -0.39 is 0 Å². The molecule has 0 saturated carbocycles. The molecule has 0 aliphatic carbocycles. The van der Waals surface area contributed by atoms with E-state index in [2.05, 4.69) is 10.6 Å². The molecule has 1 atom stereocenters. The van der Waals surface area contributed by atoms with Gasteiger partial charge in [0.25, 0.3) is 0 Å². The van der Waals surface area contributed by atoms with Crippen LogP contribution < -0.4 is 20.1 Å². The first-order valence-electron chi connectivity index (χ1n) is 7.62. The Kier molecular flexibility index (Phi) is 6.32. The number of amides is 2. The van der Waals surface area contributed by atoms with Crippen molar-refractivity contribution in [2.45, 2.75) is 19.4 Å². The minimum Gasteiger partial charge on any atom is -0.493 e. The van der Waals surface area contributed by atoms with Gasteiger partial charge in [-0.2, -0.15) is 0 Å². The minimum atomic E-state index is -0.288. The molecule has 128 valence electrons. The topological polar surface area (TPSA) is 59.6 Å². The van der Waals surface area contributed by atoms with Crippen LogP contribution in [0, 0.1) is 0 Å². The lowest BCUT2D eigenvalue weighted by atomic mass is 10.1. The van der Waals surface area contributed by atoms with Crippen LogP contribution in [0.25, 0.3) is 0 Å². The number of carbonyl (C=O) groups excluding carboxylic acids is 1. The number of ether oxygens (including phenoxy) is 2. The van der Waals surface area contributed by atoms with Crippen LogP contribution >= 0.6 is 11.6 Å². The second kappa shape index (κ2) is 8.45. The Labute approximate surface area is 146 Å². The molecule has 1 unspecified atom stereocenters. The lowest BCUT2D eigenvalue weighted by molar-refractivity contribution is 0.248. The number of methoxy groups -OCH3 is 2. The molecule has 6 heteroatoms. The summed E-state index contributed by atoms with van der Waals surface area (Å²) in [6.45, 7) is 2.01. The third-order valence-corrected chi connectivity index (χ3v) is 3.88. The molecule has 2 amide bonds. The molecule has 0 heterocycles. The Morgan fingerprint density at radius 2 is 1.75 bits per heavy atom. The highest BCUT2D eigenvalue weighted by atomic mass is 35.5. The highest BCUT2D eigenvalue weighted by Crippen LogP contribution is 2.29. The second-order valence-corrected chi connectivity index (χ2v) is 5.62. The molecule has 0 saturated heterocycles. The van der Waals surface area contributed by atoms with Crippen molar-refractivity contribution in [1.29, 1.82) is 0 Å². The summed E-state index contributed by atoms with van der Waals surface area (Å²) in [6, 6.07) is 12.3. The molecule has 2 aromatic rings. The standard InChI is InChI=1S/C18H21ClN2O3/c1-4-15(12-5-7-13(19)8-6-12)21-18(22)20-14-9-10-16(23-2)17(11-14)24-3/h5-11,15H,4H2,1-3H3,(H2,20,21,22). The van der Waals surface area contributed by atoms with Crippen LogP contribution in [0.15, 0.2) is 42.5 Å². The highest BCUT2D eigenvalue weighted by molar-refractivity contribution is 6.30. The van der Waals surface area contributed by atoms with Gasteiger partial charge in [-0.05, 0) is 36.2 Å². The number of hydrogen-bond donors (Lipinski definition) is 2. The molecule has 24 heavy (non-hydrogen) atoms. The summed E-state index contributed by atoms with van der Waals surface area (Å²) in [7, 11) is 3.12. The van der Waals surface area contributed by atoms with Crippen LogP contribution in [0.2, 0.25) is 5.02 Å². The Balaban J connectivity index is 2.05. The average Bonchev–Trinajstić information content (AvgIpc) is 2.60. The third kappa shape index (κ3) is 4.55. The number of benzene rings is 2. The van der Waals surface area contributed by atoms with Gasteiger partial charge in [0.1, 0.15) is 0 Å². The van der Waals surface area contributed by atoms with Crippen LogP contribution in [0.5, 0.6) is 11.5 Å². The first kappa shape index (κ1) is 17.9. The summed E-state index contributed by atoms with van der Waals surface area (Å²) in [4.78, 5) is 12.3. The molecule has 0 aliphatic rings. The number of urea groups is 1. The number of anilines is 1. The first-order valence-corrected chi connectivity index (χ1v) is 8.00. The van der Waals surface area contributed by atoms with Gasteiger partial charge < -0.3 is 20.1 Å². The summed E-state index contributed by atoms with van der Waals surface area (Å²) in [5, 5.41) is 6.42. The summed E-state index contributed by atoms with van der Waals surface area (Å²) in [6.07, 6.45) is 0.765. The fourth-order valence-corrected chi connectivity index (χ4v) is 2.48. The normalized spacial score (nSPS) is 11.5. The Bertz CT molecular complexity index is 689. The quantitative estimate of drug-likeness (QED) is 0.800. The van der Waals surface area contributed by atoms with Crippen molar-refractivity contribution in [2.75, 3.05) is 19.5 Å². The third-order valence-electron chi connectivity index (χ3n) is 3.63. The summed E-state index contributed by atoms with van der Waals surface area (Å²) >= 11 is 5.90. The van der Waals surface area contributed by atoms with Gasteiger partial charge in [0, 0.05) is 16.8 Å². The average molecular weight is 349 g/mol. The number of carbonyl (C=O) groups is 1. The van der Waals surface area contributed by atoms with Crippen molar-refractivity contribution in [1.82, 2.24) is 5.32 Å². The predicted octanol–water partition coefficient (Wildman–Crippen LogP) is 4.63. The van der Waals surface area contributed by atoms with Gasteiger partial charge in [0.05, 0.1) is 20.3 Å². The molecular weight excluding hydrogens is 328 g/mol. The largest absolute Gasteiger partial charge is 0.493 e. The van der Waals surface area contributed by atoms with Gasteiger partial charge in [-0.15, -0.1) is 0 Å². The maximum atomic E-state index is 12.3. The summed E-state index contributed by atoms with van der Waals surface area (Å²) < 4.78 is 10.4. The van der Waals surface area contributed by atoms with Crippen LogP contribution in [0.3, 0.4) is 0 Å². The molecule has 2 N–H and O–H groups in total. The van der Waals surface area contributed by atoms with E-state index in [0.717, 1.165) is 12.0 Å². The van der Waals surface area contributed by atoms with E-state index in [4.69, 9.17) is 21.1 Å². The van der Waals surface area contributed by atoms with Gasteiger partial charge >= 0.3 is 6.03 Å². The Hall–Kier alpha value is -2.40. The number of halogens is 1. The van der Waals surface area contributed by atoms with E-state index in [-0.39, 0.29) is 12.1 Å². The number of rotatable bonds is 6.